The molecule has 1 rings (SSSR count). The number of methoxy groups -OCH3 is 1. The Kier molecular flexibility index (Phi) is 4.18. The van der Waals surface area contributed by atoms with Crippen LogP contribution in [0.4, 0.5) is 0 Å². The summed E-state index contributed by atoms with van der Waals surface area (Å²) in [4.78, 5) is 10.8. The number of phenols is 1. The molecule has 0 aromatic heterocycles. The summed E-state index contributed by atoms with van der Waals surface area (Å²) in [6.45, 7) is 0. The van der Waals surface area contributed by atoms with E-state index in [9.17, 15) is 9.90 Å². The molecule has 0 atom stereocenters. The van der Waals surface area contributed by atoms with Crippen molar-refractivity contribution in [3.63, 3.8) is 0 Å². The van der Waals surface area contributed by atoms with Crippen molar-refractivity contribution >= 4 is 23.6 Å². The third kappa shape index (κ3) is 3.64. The molecule has 0 radical (unpaired) electrons. The third-order valence-electron chi connectivity index (χ3n) is 1.80. The molecular formula is C11H11ClO3. The van der Waals surface area contributed by atoms with Crippen LogP contribution in [-0.2, 0) is 9.53 Å². The van der Waals surface area contributed by atoms with Gasteiger partial charge in [0.15, 0.2) is 0 Å². The summed E-state index contributed by atoms with van der Waals surface area (Å²) in [5.41, 5.74) is 0.614. The highest BCUT2D eigenvalue weighted by molar-refractivity contribution is 6.30. The first-order valence-electron chi connectivity index (χ1n) is 4.35. The van der Waals surface area contributed by atoms with Gasteiger partial charge in [0.05, 0.1) is 13.5 Å². The number of ether oxygens (including phenoxy) is 1. The summed E-state index contributed by atoms with van der Waals surface area (Å²) in [7, 11) is 1.33. The highest BCUT2D eigenvalue weighted by Crippen LogP contribution is 2.22. The van der Waals surface area contributed by atoms with Crippen LogP contribution in [0.2, 0.25) is 5.02 Å². The van der Waals surface area contributed by atoms with Crippen molar-refractivity contribution in [1.82, 2.24) is 0 Å². The quantitative estimate of drug-likeness (QED) is 0.806. The normalized spacial score (nSPS) is 10.5. The summed E-state index contributed by atoms with van der Waals surface area (Å²) in [6.07, 6.45) is 3.44. The minimum Gasteiger partial charge on any atom is -0.507 e. The van der Waals surface area contributed by atoms with Gasteiger partial charge in [-0.25, -0.2) is 0 Å². The Bertz CT molecular complexity index is 385. The lowest BCUT2D eigenvalue weighted by Gasteiger charge is -1.99. The predicted molar refractivity (Wildman–Crippen MR) is 58.8 cm³/mol. The van der Waals surface area contributed by atoms with Crippen molar-refractivity contribution in [2.45, 2.75) is 6.42 Å². The number of carbonyl (C=O) groups is 1. The Morgan fingerprint density at radius 2 is 2.33 bits per heavy atom. The number of phenolic OH excluding ortho intramolecular Hbond substituents is 1. The molecule has 1 N–H and O–H groups in total. The number of hydrogen-bond acceptors (Lipinski definition) is 3. The molecule has 1 aromatic rings. The zero-order valence-electron chi connectivity index (χ0n) is 8.24. The molecule has 1 aromatic carbocycles. The zero-order chi connectivity index (χ0) is 11.3. The molecule has 4 heteroatoms. The Labute approximate surface area is 92.9 Å². The molecule has 0 heterocycles. The van der Waals surface area contributed by atoms with E-state index in [0.717, 1.165) is 0 Å². The maximum Gasteiger partial charge on any atom is 0.309 e. The van der Waals surface area contributed by atoms with Crippen molar-refractivity contribution in [2.24, 2.45) is 0 Å². The van der Waals surface area contributed by atoms with E-state index in [1.807, 2.05) is 0 Å². The van der Waals surface area contributed by atoms with Gasteiger partial charge in [0, 0.05) is 10.6 Å². The van der Waals surface area contributed by atoms with Gasteiger partial charge in [0.2, 0.25) is 0 Å². The molecule has 0 bridgehead atoms. The topological polar surface area (TPSA) is 46.5 Å². The van der Waals surface area contributed by atoms with Crippen LogP contribution in [0.3, 0.4) is 0 Å². The molecule has 3 nitrogen and oxygen atoms in total. The fraction of sp³-hybridized carbons (Fsp3) is 0.182. The van der Waals surface area contributed by atoms with E-state index in [1.165, 1.54) is 13.2 Å². The van der Waals surface area contributed by atoms with E-state index in [2.05, 4.69) is 4.74 Å². The number of aromatic hydroxyl groups is 1. The Morgan fingerprint density at radius 3 is 2.93 bits per heavy atom. The van der Waals surface area contributed by atoms with Crippen LogP contribution in [-0.4, -0.2) is 18.2 Å². The number of esters is 1. The van der Waals surface area contributed by atoms with Crippen LogP contribution in [0.25, 0.3) is 6.08 Å². The lowest BCUT2D eigenvalue weighted by molar-refractivity contribution is -0.139. The monoisotopic (exact) mass is 226 g/mol. The van der Waals surface area contributed by atoms with Gasteiger partial charge in [0.25, 0.3) is 0 Å². The van der Waals surface area contributed by atoms with Crippen LogP contribution in [0.15, 0.2) is 24.3 Å². The van der Waals surface area contributed by atoms with Crippen molar-refractivity contribution in [3.05, 3.63) is 34.9 Å². The average molecular weight is 227 g/mol. The maximum absolute atomic E-state index is 10.8. The molecule has 80 valence electrons. The average Bonchev–Trinajstić information content (AvgIpc) is 2.21. The molecule has 0 aliphatic rings. The van der Waals surface area contributed by atoms with Crippen LogP contribution in [0.1, 0.15) is 12.0 Å². The second-order valence-electron chi connectivity index (χ2n) is 2.89. The first-order valence-corrected chi connectivity index (χ1v) is 4.73. The van der Waals surface area contributed by atoms with Gasteiger partial charge in [-0.15, -0.1) is 0 Å². The Balaban J connectivity index is 2.68. The highest BCUT2D eigenvalue weighted by Gasteiger charge is 1.99. The van der Waals surface area contributed by atoms with Gasteiger partial charge >= 0.3 is 5.97 Å². The third-order valence-corrected chi connectivity index (χ3v) is 2.04. The van der Waals surface area contributed by atoms with Crippen molar-refractivity contribution < 1.29 is 14.6 Å². The first-order chi connectivity index (χ1) is 7.13. The lowest BCUT2D eigenvalue weighted by Crippen LogP contribution is -1.96. The number of benzene rings is 1. The van der Waals surface area contributed by atoms with Gasteiger partial charge in [-0.3, -0.25) is 4.79 Å². The van der Waals surface area contributed by atoms with Crippen LogP contribution < -0.4 is 0 Å². The minimum atomic E-state index is -0.320. The molecule has 15 heavy (non-hydrogen) atoms. The second kappa shape index (κ2) is 5.41. The molecule has 0 spiro atoms. The predicted octanol–water partition coefficient (Wildman–Crippen LogP) is 2.62. The second-order valence-corrected chi connectivity index (χ2v) is 3.32. The highest BCUT2D eigenvalue weighted by atomic mass is 35.5. The minimum absolute atomic E-state index is 0.0867. The molecule has 0 aliphatic carbocycles. The Hall–Kier alpha value is -1.48. The SMILES string of the molecule is COC(=O)CC=Cc1ccc(Cl)cc1O. The van der Waals surface area contributed by atoms with E-state index < -0.39 is 0 Å². The molecule has 0 saturated heterocycles. The van der Waals surface area contributed by atoms with Crippen molar-refractivity contribution in [1.29, 1.82) is 0 Å². The van der Waals surface area contributed by atoms with Gasteiger partial charge in [-0.05, 0) is 18.2 Å². The molecule has 0 amide bonds. The number of rotatable bonds is 3. The summed E-state index contributed by atoms with van der Waals surface area (Å²) in [5, 5.41) is 9.93. The van der Waals surface area contributed by atoms with Gasteiger partial charge in [-0.2, -0.15) is 0 Å². The van der Waals surface area contributed by atoms with E-state index in [1.54, 1.807) is 24.3 Å². The van der Waals surface area contributed by atoms with Crippen LogP contribution in [0, 0.1) is 0 Å². The first kappa shape index (κ1) is 11.6. The van der Waals surface area contributed by atoms with E-state index >= 15 is 0 Å². The summed E-state index contributed by atoms with van der Waals surface area (Å²) < 4.78 is 4.46. The van der Waals surface area contributed by atoms with Gasteiger partial charge in [0.1, 0.15) is 5.75 Å². The molecule has 0 fully saturated rings. The van der Waals surface area contributed by atoms with Crippen molar-refractivity contribution in [3.8, 4) is 5.75 Å². The zero-order valence-corrected chi connectivity index (χ0v) is 8.99. The number of halogens is 1. The van der Waals surface area contributed by atoms with E-state index in [4.69, 9.17) is 11.6 Å². The van der Waals surface area contributed by atoms with Crippen molar-refractivity contribution in [2.75, 3.05) is 7.11 Å². The molecule has 0 saturated carbocycles. The fourth-order valence-electron chi connectivity index (χ4n) is 1.02. The molecular weight excluding hydrogens is 216 g/mol. The van der Waals surface area contributed by atoms with Gasteiger partial charge < -0.3 is 9.84 Å². The van der Waals surface area contributed by atoms with E-state index in [0.29, 0.717) is 10.6 Å². The fourth-order valence-corrected chi connectivity index (χ4v) is 1.19. The largest absolute Gasteiger partial charge is 0.507 e. The smallest absolute Gasteiger partial charge is 0.309 e. The molecule has 0 aliphatic heterocycles. The standard InChI is InChI=1S/C11H11ClO3/c1-15-11(14)4-2-3-8-5-6-9(12)7-10(8)13/h2-3,5-7,13H,4H2,1H3. The van der Waals surface area contributed by atoms with E-state index in [-0.39, 0.29) is 18.1 Å². The maximum atomic E-state index is 10.8. The van der Waals surface area contributed by atoms with Crippen LogP contribution >= 0.6 is 11.6 Å². The van der Waals surface area contributed by atoms with Gasteiger partial charge in [-0.1, -0.05) is 23.8 Å². The lowest BCUT2D eigenvalue weighted by atomic mass is 10.2. The summed E-state index contributed by atoms with van der Waals surface area (Å²) >= 11 is 5.67. The summed E-state index contributed by atoms with van der Waals surface area (Å²) in [6, 6.07) is 4.78. The summed E-state index contributed by atoms with van der Waals surface area (Å²) in [5.74, 6) is -0.233. The number of carbonyl (C=O) groups excluding carboxylic acids is 1. The van der Waals surface area contributed by atoms with Crippen LogP contribution in [0.5, 0.6) is 5.75 Å². The number of hydrogen-bond donors (Lipinski definition) is 1. The molecule has 0 unspecified atom stereocenters. The Morgan fingerprint density at radius 1 is 1.60 bits per heavy atom.